The Morgan fingerprint density at radius 2 is 2.00 bits per heavy atom. The molecule has 92 valence electrons. The van der Waals surface area contributed by atoms with Gasteiger partial charge in [0.2, 0.25) is 0 Å². The summed E-state index contributed by atoms with van der Waals surface area (Å²) in [6.07, 6.45) is 0. The highest BCUT2D eigenvalue weighted by atomic mass is 79.9. The number of hydrogen-bond donors (Lipinski definition) is 1. The molecule has 0 fully saturated rings. The minimum Gasteiger partial charge on any atom is -0.480 e. The van der Waals surface area contributed by atoms with Crippen LogP contribution in [0.15, 0.2) is 22.7 Å². The summed E-state index contributed by atoms with van der Waals surface area (Å²) in [6.45, 7) is 3.35. The first-order valence-electron chi connectivity index (χ1n) is 5.10. The number of aliphatic carboxylic acids is 1. The molecule has 0 aliphatic heterocycles. The lowest BCUT2D eigenvalue weighted by molar-refractivity contribution is -0.141. The molecular weight excluding hydrogens is 286 g/mol. The zero-order valence-corrected chi connectivity index (χ0v) is 11.5. The lowest BCUT2D eigenvalue weighted by Gasteiger charge is -2.21. The molecule has 0 aliphatic carbocycles. The first kappa shape index (κ1) is 13.7. The molecule has 1 aromatic rings. The molecular formula is C12H14BrNO3. The Morgan fingerprint density at radius 3 is 2.47 bits per heavy atom. The summed E-state index contributed by atoms with van der Waals surface area (Å²) < 4.78 is 0.919. The van der Waals surface area contributed by atoms with Crippen molar-refractivity contribution < 1.29 is 14.7 Å². The maximum Gasteiger partial charge on any atom is 0.326 e. The van der Waals surface area contributed by atoms with Crippen molar-refractivity contribution in [2.75, 3.05) is 7.05 Å². The van der Waals surface area contributed by atoms with Gasteiger partial charge in [-0.25, -0.2) is 4.79 Å². The molecule has 1 amide bonds. The first-order chi connectivity index (χ1) is 7.84. The van der Waals surface area contributed by atoms with E-state index >= 15 is 0 Å². The minimum atomic E-state index is -1.02. The normalized spacial score (nSPS) is 12.0. The molecule has 0 radical (unpaired) electrons. The van der Waals surface area contributed by atoms with Crippen molar-refractivity contribution >= 4 is 27.8 Å². The highest BCUT2D eigenvalue weighted by molar-refractivity contribution is 9.10. The van der Waals surface area contributed by atoms with E-state index < -0.39 is 12.0 Å². The molecule has 5 heteroatoms. The maximum atomic E-state index is 12.0. The highest BCUT2D eigenvalue weighted by Gasteiger charge is 2.22. The zero-order valence-electron chi connectivity index (χ0n) is 9.90. The highest BCUT2D eigenvalue weighted by Crippen LogP contribution is 2.18. The van der Waals surface area contributed by atoms with E-state index in [0.29, 0.717) is 5.56 Å². The predicted molar refractivity (Wildman–Crippen MR) is 68.1 cm³/mol. The molecule has 1 unspecified atom stereocenters. The van der Waals surface area contributed by atoms with Gasteiger partial charge in [-0.05, 0) is 37.6 Å². The second-order valence-electron chi connectivity index (χ2n) is 3.89. The standard InChI is InChI=1S/C12H14BrNO3/c1-7-6-9(4-5-10(7)13)11(15)14(3)8(2)12(16)17/h4-6,8H,1-3H3,(H,16,17). The summed E-state index contributed by atoms with van der Waals surface area (Å²) in [4.78, 5) is 24.0. The van der Waals surface area contributed by atoms with Crippen molar-refractivity contribution in [1.29, 1.82) is 0 Å². The first-order valence-corrected chi connectivity index (χ1v) is 5.90. The average molecular weight is 300 g/mol. The Bertz CT molecular complexity index is 459. The van der Waals surface area contributed by atoms with Gasteiger partial charge in [-0.15, -0.1) is 0 Å². The number of nitrogens with zero attached hydrogens (tertiary/aromatic N) is 1. The third-order valence-corrected chi connectivity index (χ3v) is 3.55. The number of carbonyl (C=O) groups is 2. The lowest BCUT2D eigenvalue weighted by atomic mass is 10.1. The lowest BCUT2D eigenvalue weighted by Crippen LogP contribution is -2.40. The van der Waals surface area contributed by atoms with Gasteiger partial charge in [-0.3, -0.25) is 4.79 Å². The summed E-state index contributed by atoms with van der Waals surface area (Å²) in [7, 11) is 1.48. The summed E-state index contributed by atoms with van der Waals surface area (Å²) in [6, 6.07) is 4.34. The quantitative estimate of drug-likeness (QED) is 0.932. The zero-order chi connectivity index (χ0) is 13.2. The Morgan fingerprint density at radius 1 is 1.41 bits per heavy atom. The van der Waals surface area contributed by atoms with E-state index in [-0.39, 0.29) is 5.91 Å². The SMILES string of the molecule is Cc1cc(C(=O)N(C)C(C)C(=O)O)ccc1Br. The van der Waals surface area contributed by atoms with Crippen molar-refractivity contribution in [3.8, 4) is 0 Å². The Balaban J connectivity index is 2.96. The number of likely N-dealkylation sites (N-methyl/N-ethyl adjacent to an activating group) is 1. The van der Waals surface area contributed by atoms with Crippen molar-refractivity contribution in [2.24, 2.45) is 0 Å². The molecule has 4 nitrogen and oxygen atoms in total. The number of benzene rings is 1. The molecule has 0 heterocycles. The van der Waals surface area contributed by atoms with E-state index in [2.05, 4.69) is 15.9 Å². The van der Waals surface area contributed by atoms with Gasteiger partial charge < -0.3 is 10.0 Å². The topological polar surface area (TPSA) is 57.6 Å². The van der Waals surface area contributed by atoms with Gasteiger partial charge in [0.15, 0.2) is 0 Å². The Hall–Kier alpha value is -1.36. The molecule has 0 saturated heterocycles. The van der Waals surface area contributed by atoms with Crippen molar-refractivity contribution in [3.63, 3.8) is 0 Å². The van der Waals surface area contributed by atoms with E-state index in [1.54, 1.807) is 18.2 Å². The van der Waals surface area contributed by atoms with Gasteiger partial charge in [0.25, 0.3) is 5.91 Å². The smallest absolute Gasteiger partial charge is 0.326 e. The minimum absolute atomic E-state index is 0.296. The third kappa shape index (κ3) is 3.06. The Kier molecular flexibility index (Phi) is 4.28. The van der Waals surface area contributed by atoms with Crippen molar-refractivity contribution in [1.82, 2.24) is 4.90 Å². The van der Waals surface area contributed by atoms with Gasteiger partial charge in [0.05, 0.1) is 0 Å². The predicted octanol–water partition coefficient (Wildman–Crippen LogP) is 2.30. The molecule has 17 heavy (non-hydrogen) atoms. The molecule has 0 spiro atoms. The number of hydrogen-bond acceptors (Lipinski definition) is 2. The van der Waals surface area contributed by atoms with Crippen LogP contribution in [0.2, 0.25) is 0 Å². The van der Waals surface area contributed by atoms with Crippen LogP contribution in [0.4, 0.5) is 0 Å². The van der Waals surface area contributed by atoms with Crippen LogP contribution in [0, 0.1) is 6.92 Å². The third-order valence-electron chi connectivity index (χ3n) is 2.66. The van der Waals surface area contributed by atoms with E-state index in [1.165, 1.54) is 18.9 Å². The van der Waals surface area contributed by atoms with Crippen LogP contribution in [-0.4, -0.2) is 35.0 Å². The van der Waals surface area contributed by atoms with E-state index in [1.807, 2.05) is 6.92 Å². The molecule has 1 N–H and O–H groups in total. The van der Waals surface area contributed by atoms with Gasteiger partial charge in [-0.1, -0.05) is 15.9 Å². The van der Waals surface area contributed by atoms with E-state index in [4.69, 9.17) is 5.11 Å². The second-order valence-corrected chi connectivity index (χ2v) is 4.75. The number of carboxylic acids is 1. The van der Waals surface area contributed by atoms with Gasteiger partial charge >= 0.3 is 5.97 Å². The molecule has 0 saturated carbocycles. The van der Waals surface area contributed by atoms with Gasteiger partial charge in [0.1, 0.15) is 6.04 Å². The summed E-state index contributed by atoms with van der Waals surface area (Å²) in [5.41, 5.74) is 1.42. The molecule has 0 bridgehead atoms. The van der Waals surface area contributed by atoms with E-state index in [0.717, 1.165) is 10.0 Å². The largest absolute Gasteiger partial charge is 0.480 e. The van der Waals surface area contributed by atoms with Crippen LogP contribution in [0.1, 0.15) is 22.8 Å². The maximum absolute atomic E-state index is 12.0. The van der Waals surface area contributed by atoms with Crippen LogP contribution in [-0.2, 0) is 4.79 Å². The molecule has 1 rings (SSSR count). The fourth-order valence-electron chi connectivity index (χ4n) is 1.32. The summed E-state index contributed by atoms with van der Waals surface area (Å²) in [5, 5.41) is 8.85. The number of rotatable bonds is 3. The number of aryl methyl sites for hydroxylation is 1. The van der Waals surface area contributed by atoms with E-state index in [9.17, 15) is 9.59 Å². The summed E-state index contributed by atoms with van der Waals surface area (Å²) in [5.74, 6) is -1.31. The fourth-order valence-corrected chi connectivity index (χ4v) is 1.57. The van der Waals surface area contributed by atoms with Crippen LogP contribution in [0.3, 0.4) is 0 Å². The van der Waals surface area contributed by atoms with Crippen LogP contribution in [0.25, 0.3) is 0 Å². The van der Waals surface area contributed by atoms with Crippen LogP contribution >= 0.6 is 15.9 Å². The molecule has 0 aliphatic rings. The Labute approximate surface area is 108 Å². The second kappa shape index (κ2) is 5.31. The van der Waals surface area contributed by atoms with Crippen LogP contribution < -0.4 is 0 Å². The van der Waals surface area contributed by atoms with Gasteiger partial charge in [-0.2, -0.15) is 0 Å². The number of halogens is 1. The van der Waals surface area contributed by atoms with Gasteiger partial charge in [0, 0.05) is 17.1 Å². The number of carbonyl (C=O) groups excluding carboxylic acids is 1. The van der Waals surface area contributed by atoms with Crippen LogP contribution in [0.5, 0.6) is 0 Å². The molecule has 1 aromatic carbocycles. The monoisotopic (exact) mass is 299 g/mol. The fraction of sp³-hybridized carbons (Fsp3) is 0.333. The molecule has 0 aromatic heterocycles. The number of amides is 1. The summed E-state index contributed by atoms with van der Waals surface area (Å²) >= 11 is 3.35. The molecule has 1 atom stereocenters. The van der Waals surface area contributed by atoms with Crippen molar-refractivity contribution in [3.05, 3.63) is 33.8 Å². The number of carboxylic acid groups (broad SMARTS) is 1. The van der Waals surface area contributed by atoms with Crippen molar-refractivity contribution in [2.45, 2.75) is 19.9 Å². The average Bonchev–Trinajstić information content (AvgIpc) is 2.29.